The lowest BCUT2D eigenvalue weighted by atomic mass is 10.1. The van der Waals surface area contributed by atoms with Gasteiger partial charge in [0.2, 0.25) is 0 Å². The Morgan fingerprint density at radius 3 is 2.09 bits per heavy atom. The van der Waals surface area contributed by atoms with Gasteiger partial charge in [0.15, 0.2) is 0 Å². The van der Waals surface area contributed by atoms with Crippen molar-refractivity contribution < 1.29 is 14.3 Å². The standard InChI is InChI=1S/C25H18ClN3O3/c1-32-20-12-10-19(11-13-20)29-23(16-6-8-17(26)9-7-16)14-18(27-29)15-28-24(30)21-4-2-3-5-22(21)25(28)31/h2-14H,15H2,1H3. The summed E-state index contributed by atoms with van der Waals surface area (Å²) in [6.45, 7) is 0.0795. The molecule has 2 heterocycles. The average Bonchev–Trinajstić information content (AvgIpc) is 3.35. The molecule has 0 bridgehead atoms. The molecule has 0 saturated carbocycles. The maximum absolute atomic E-state index is 12.8. The number of hydrogen-bond donors (Lipinski definition) is 0. The molecule has 0 atom stereocenters. The molecule has 158 valence electrons. The minimum absolute atomic E-state index is 0.0795. The van der Waals surface area contributed by atoms with E-state index in [1.165, 1.54) is 4.90 Å². The van der Waals surface area contributed by atoms with Gasteiger partial charge in [0, 0.05) is 10.6 Å². The van der Waals surface area contributed by atoms with Crippen molar-refractivity contribution in [3.05, 3.63) is 101 Å². The second-order valence-corrected chi connectivity index (χ2v) is 7.82. The zero-order valence-electron chi connectivity index (χ0n) is 17.2. The van der Waals surface area contributed by atoms with Gasteiger partial charge < -0.3 is 4.74 Å². The average molecular weight is 444 g/mol. The third kappa shape index (κ3) is 3.44. The van der Waals surface area contributed by atoms with Crippen LogP contribution in [0.3, 0.4) is 0 Å². The quantitative estimate of drug-likeness (QED) is 0.407. The number of methoxy groups -OCH3 is 1. The van der Waals surface area contributed by atoms with Crippen molar-refractivity contribution in [3.63, 3.8) is 0 Å². The number of benzene rings is 3. The first kappa shape index (κ1) is 20.0. The van der Waals surface area contributed by atoms with Gasteiger partial charge in [0.25, 0.3) is 11.8 Å². The minimum Gasteiger partial charge on any atom is -0.497 e. The molecule has 1 aliphatic heterocycles. The Kier molecular flexibility index (Phi) is 4.99. The van der Waals surface area contributed by atoms with Crippen molar-refractivity contribution in [1.82, 2.24) is 14.7 Å². The van der Waals surface area contributed by atoms with E-state index < -0.39 is 0 Å². The van der Waals surface area contributed by atoms with Gasteiger partial charge >= 0.3 is 0 Å². The summed E-state index contributed by atoms with van der Waals surface area (Å²) in [4.78, 5) is 26.8. The first-order valence-electron chi connectivity index (χ1n) is 9.99. The lowest BCUT2D eigenvalue weighted by Gasteiger charge is -2.11. The van der Waals surface area contributed by atoms with Gasteiger partial charge in [-0.2, -0.15) is 5.10 Å². The summed E-state index contributed by atoms with van der Waals surface area (Å²) in [5, 5.41) is 5.36. The van der Waals surface area contributed by atoms with E-state index >= 15 is 0 Å². The van der Waals surface area contributed by atoms with Crippen molar-refractivity contribution >= 4 is 23.4 Å². The molecule has 7 heteroatoms. The zero-order valence-corrected chi connectivity index (χ0v) is 17.9. The lowest BCUT2D eigenvalue weighted by Crippen LogP contribution is -2.29. The number of nitrogens with zero attached hydrogens (tertiary/aromatic N) is 3. The van der Waals surface area contributed by atoms with Crippen LogP contribution in [0.5, 0.6) is 5.75 Å². The molecular formula is C25H18ClN3O3. The maximum atomic E-state index is 12.8. The molecule has 5 rings (SSSR count). The SMILES string of the molecule is COc1ccc(-n2nc(CN3C(=O)c4ccccc4C3=O)cc2-c2ccc(Cl)cc2)cc1. The number of imide groups is 1. The van der Waals surface area contributed by atoms with Crippen molar-refractivity contribution in [3.8, 4) is 22.7 Å². The van der Waals surface area contributed by atoms with Gasteiger partial charge in [0.05, 0.1) is 41.9 Å². The summed E-state index contributed by atoms with van der Waals surface area (Å²) in [6.07, 6.45) is 0. The zero-order chi connectivity index (χ0) is 22.2. The number of ether oxygens (including phenoxy) is 1. The summed E-state index contributed by atoms with van der Waals surface area (Å²) in [6, 6.07) is 23.7. The van der Waals surface area contributed by atoms with Gasteiger partial charge in [0.1, 0.15) is 5.75 Å². The largest absolute Gasteiger partial charge is 0.497 e. The molecular weight excluding hydrogens is 426 g/mol. The fraction of sp³-hybridized carbons (Fsp3) is 0.0800. The summed E-state index contributed by atoms with van der Waals surface area (Å²) in [7, 11) is 1.61. The van der Waals surface area contributed by atoms with E-state index in [9.17, 15) is 9.59 Å². The summed E-state index contributed by atoms with van der Waals surface area (Å²) in [5.41, 5.74) is 3.99. The van der Waals surface area contributed by atoms with Crippen molar-refractivity contribution in [1.29, 1.82) is 0 Å². The number of halogens is 1. The molecule has 6 nitrogen and oxygen atoms in total. The Hall–Kier alpha value is -3.90. The van der Waals surface area contributed by atoms with E-state index in [1.807, 2.05) is 54.6 Å². The smallest absolute Gasteiger partial charge is 0.261 e. The first-order valence-corrected chi connectivity index (χ1v) is 10.4. The van der Waals surface area contributed by atoms with Gasteiger partial charge in [-0.05, 0) is 54.6 Å². The van der Waals surface area contributed by atoms with Crippen LogP contribution in [0.2, 0.25) is 5.02 Å². The number of aromatic nitrogens is 2. The van der Waals surface area contributed by atoms with E-state index in [2.05, 4.69) is 0 Å². The van der Waals surface area contributed by atoms with Crippen LogP contribution in [0.4, 0.5) is 0 Å². The molecule has 1 aliphatic rings. The molecule has 0 fully saturated rings. The molecule has 0 radical (unpaired) electrons. The summed E-state index contributed by atoms with van der Waals surface area (Å²) >= 11 is 6.07. The van der Waals surface area contributed by atoms with Crippen LogP contribution in [0.1, 0.15) is 26.4 Å². The number of rotatable bonds is 5. The maximum Gasteiger partial charge on any atom is 0.261 e. The van der Waals surface area contributed by atoms with E-state index in [1.54, 1.807) is 36.1 Å². The van der Waals surface area contributed by atoms with Gasteiger partial charge in [-0.1, -0.05) is 35.9 Å². The highest BCUT2D eigenvalue weighted by Gasteiger charge is 2.35. The Morgan fingerprint density at radius 2 is 1.50 bits per heavy atom. The highest BCUT2D eigenvalue weighted by Crippen LogP contribution is 2.29. The van der Waals surface area contributed by atoms with Crippen LogP contribution in [0.25, 0.3) is 16.9 Å². The fourth-order valence-electron chi connectivity index (χ4n) is 3.80. The van der Waals surface area contributed by atoms with Crippen LogP contribution in [0, 0.1) is 0 Å². The summed E-state index contributed by atoms with van der Waals surface area (Å²) in [5.74, 6) is 0.121. The molecule has 0 spiro atoms. The van der Waals surface area contributed by atoms with Crippen molar-refractivity contribution in [2.75, 3.05) is 7.11 Å². The fourth-order valence-corrected chi connectivity index (χ4v) is 3.92. The van der Waals surface area contributed by atoms with Crippen molar-refractivity contribution in [2.45, 2.75) is 6.54 Å². The molecule has 32 heavy (non-hydrogen) atoms. The molecule has 1 aromatic heterocycles. The molecule has 4 aromatic rings. The van der Waals surface area contributed by atoms with Crippen LogP contribution in [-0.2, 0) is 6.54 Å². The molecule has 0 aliphatic carbocycles. The Morgan fingerprint density at radius 1 is 0.875 bits per heavy atom. The monoisotopic (exact) mass is 443 g/mol. The van der Waals surface area contributed by atoms with E-state index in [4.69, 9.17) is 21.4 Å². The van der Waals surface area contributed by atoms with Gasteiger partial charge in [-0.15, -0.1) is 0 Å². The predicted octanol–water partition coefficient (Wildman–Crippen LogP) is 5.00. The number of carbonyl (C=O) groups excluding carboxylic acids is 2. The molecule has 0 unspecified atom stereocenters. The van der Waals surface area contributed by atoms with Crippen LogP contribution < -0.4 is 4.74 Å². The molecule has 0 saturated heterocycles. The van der Waals surface area contributed by atoms with Gasteiger partial charge in [-0.3, -0.25) is 14.5 Å². The third-order valence-corrected chi connectivity index (χ3v) is 5.67. The molecule has 0 N–H and O–H groups in total. The van der Waals surface area contributed by atoms with E-state index in [0.717, 1.165) is 22.7 Å². The van der Waals surface area contributed by atoms with Crippen LogP contribution in [-0.4, -0.2) is 33.6 Å². The van der Waals surface area contributed by atoms with Crippen LogP contribution >= 0.6 is 11.6 Å². The van der Waals surface area contributed by atoms with E-state index in [0.29, 0.717) is 21.8 Å². The van der Waals surface area contributed by atoms with Crippen molar-refractivity contribution in [2.24, 2.45) is 0 Å². The number of hydrogen-bond acceptors (Lipinski definition) is 4. The predicted molar refractivity (Wildman–Crippen MR) is 121 cm³/mol. The number of carbonyl (C=O) groups is 2. The number of amides is 2. The first-order chi connectivity index (χ1) is 15.5. The highest BCUT2D eigenvalue weighted by atomic mass is 35.5. The van der Waals surface area contributed by atoms with Gasteiger partial charge in [-0.25, -0.2) is 4.68 Å². The molecule has 3 aromatic carbocycles. The Balaban J connectivity index is 1.54. The second kappa shape index (κ2) is 7.98. The third-order valence-electron chi connectivity index (χ3n) is 5.42. The minimum atomic E-state index is -0.308. The van der Waals surface area contributed by atoms with Crippen LogP contribution in [0.15, 0.2) is 78.9 Å². The Labute approximate surface area is 189 Å². The second-order valence-electron chi connectivity index (χ2n) is 7.38. The molecule has 2 amide bonds. The highest BCUT2D eigenvalue weighted by molar-refractivity contribution is 6.30. The van der Waals surface area contributed by atoms with E-state index in [-0.39, 0.29) is 18.4 Å². The topological polar surface area (TPSA) is 64.4 Å². The summed E-state index contributed by atoms with van der Waals surface area (Å²) < 4.78 is 7.04. The normalized spacial score (nSPS) is 12.9. The Bertz CT molecular complexity index is 1290. The number of fused-ring (bicyclic) bond motifs is 1. The lowest BCUT2D eigenvalue weighted by molar-refractivity contribution is 0.0640.